The molecular weight excluding hydrogens is 242 g/mol. The van der Waals surface area contributed by atoms with Gasteiger partial charge in [0.2, 0.25) is 0 Å². The molecule has 0 amide bonds. The van der Waals surface area contributed by atoms with E-state index < -0.39 is 0 Å². The molecule has 2 aromatic rings. The summed E-state index contributed by atoms with van der Waals surface area (Å²) in [7, 11) is 0. The van der Waals surface area contributed by atoms with Crippen LogP contribution in [0, 0.1) is 12.8 Å². The lowest BCUT2D eigenvalue weighted by atomic mass is 9.98. The Kier molecular flexibility index (Phi) is 3.88. The van der Waals surface area contributed by atoms with E-state index in [0.29, 0.717) is 12.1 Å². The SMILES string of the molecule is Cc1ccccc1[C@H](C)NC(c1ccccc1)C1CC1. The number of rotatable bonds is 5. The van der Waals surface area contributed by atoms with Gasteiger partial charge in [-0.2, -0.15) is 0 Å². The van der Waals surface area contributed by atoms with Crippen molar-refractivity contribution >= 4 is 0 Å². The summed E-state index contributed by atoms with van der Waals surface area (Å²) < 4.78 is 0. The van der Waals surface area contributed by atoms with Gasteiger partial charge in [-0.05, 0) is 49.3 Å². The molecule has 1 saturated carbocycles. The molecule has 0 bridgehead atoms. The molecule has 0 heterocycles. The molecule has 1 heteroatoms. The maximum absolute atomic E-state index is 3.85. The van der Waals surface area contributed by atoms with Crippen molar-refractivity contribution in [1.29, 1.82) is 0 Å². The summed E-state index contributed by atoms with van der Waals surface area (Å²) in [5, 5.41) is 3.85. The van der Waals surface area contributed by atoms with Crippen molar-refractivity contribution in [2.24, 2.45) is 5.92 Å². The van der Waals surface area contributed by atoms with Crippen molar-refractivity contribution in [1.82, 2.24) is 5.32 Å². The van der Waals surface area contributed by atoms with Crippen LogP contribution in [0.5, 0.6) is 0 Å². The lowest BCUT2D eigenvalue weighted by Crippen LogP contribution is -2.26. The molecule has 1 nitrogen and oxygen atoms in total. The van der Waals surface area contributed by atoms with Crippen molar-refractivity contribution in [2.75, 3.05) is 0 Å². The van der Waals surface area contributed by atoms with Gasteiger partial charge >= 0.3 is 0 Å². The molecule has 0 aromatic heterocycles. The molecule has 1 aliphatic rings. The fraction of sp³-hybridized carbons (Fsp3) is 0.368. The van der Waals surface area contributed by atoms with Crippen LogP contribution in [0.25, 0.3) is 0 Å². The highest BCUT2D eigenvalue weighted by molar-refractivity contribution is 5.29. The second kappa shape index (κ2) is 5.80. The zero-order valence-corrected chi connectivity index (χ0v) is 12.3. The summed E-state index contributed by atoms with van der Waals surface area (Å²) in [5.41, 5.74) is 4.21. The second-order valence-electron chi connectivity index (χ2n) is 5.97. The quantitative estimate of drug-likeness (QED) is 0.819. The van der Waals surface area contributed by atoms with Gasteiger partial charge in [0.05, 0.1) is 0 Å². The number of hydrogen-bond acceptors (Lipinski definition) is 1. The van der Waals surface area contributed by atoms with E-state index in [1.165, 1.54) is 29.5 Å². The van der Waals surface area contributed by atoms with E-state index in [1.807, 2.05) is 0 Å². The maximum Gasteiger partial charge on any atom is 0.0353 e. The van der Waals surface area contributed by atoms with E-state index in [-0.39, 0.29) is 0 Å². The minimum atomic E-state index is 0.391. The molecule has 1 fully saturated rings. The molecule has 1 unspecified atom stereocenters. The van der Waals surface area contributed by atoms with Gasteiger partial charge in [-0.3, -0.25) is 0 Å². The number of benzene rings is 2. The van der Waals surface area contributed by atoms with Crippen LogP contribution in [-0.2, 0) is 0 Å². The van der Waals surface area contributed by atoms with Crippen molar-refractivity contribution in [3.63, 3.8) is 0 Å². The zero-order valence-electron chi connectivity index (χ0n) is 12.3. The molecular formula is C19H23N. The third-order valence-electron chi connectivity index (χ3n) is 4.34. The topological polar surface area (TPSA) is 12.0 Å². The van der Waals surface area contributed by atoms with Crippen LogP contribution in [0.15, 0.2) is 54.6 Å². The average Bonchev–Trinajstić information content (AvgIpc) is 3.30. The van der Waals surface area contributed by atoms with Crippen LogP contribution in [-0.4, -0.2) is 0 Å². The van der Waals surface area contributed by atoms with Crippen LogP contribution in [0.1, 0.15) is 48.5 Å². The highest BCUT2D eigenvalue weighted by Gasteiger charge is 2.33. The lowest BCUT2D eigenvalue weighted by Gasteiger charge is -2.25. The third kappa shape index (κ3) is 2.94. The predicted molar refractivity (Wildman–Crippen MR) is 84.6 cm³/mol. The molecule has 0 saturated heterocycles. The molecule has 2 aromatic carbocycles. The zero-order chi connectivity index (χ0) is 13.9. The van der Waals surface area contributed by atoms with Gasteiger partial charge in [0, 0.05) is 12.1 Å². The number of nitrogens with one attached hydrogen (secondary N) is 1. The Hall–Kier alpha value is -1.60. The first kappa shape index (κ1) is 13.4. The first-order chi connectivity index (χ1) is 9.75. The Bertz CT molecular complexity index is 557. The lowest BCUT2D eigenvalue weighted by molar-refractivity contribution is 0.426. The van der Waals surface area contributed by atoms with Crippen LogP contribution >= 0.6 is 0 Å². The smallest absolute Gasteiger partial charge is 0.0353 e. The molecule has 1 N–H and O–H groups in total. The van der Waals surface area contributed by atoms with Crippen molar-refractivity contribution in [3.8, 4) is 0 Å². The number of aryl methyl sites for hydroxylation is 1. The highest BCUT2D eigenvalue weighted by Crippen LogP contribution is 2.42. The van der Waals surface area contributed by atoms with Crippen LogP contribution < -0.4 is 5.32 Å². The minimum Gasteiger partial charge on any atom is -0.303 e. The number of hydrogen-bond donors (Lipinski definition) is 1. The normalized spacial score (nSPS) is 17.7. The molecule has 2 atom stereocenters. The van der Waals surface area contributed by atoms with Gasteiger partial charge in [0.1, 0.15) is 0 Å². The summed E-state index contributed by atoms with van der Waals surface area (Å²) in [4.78, 5) is 0. The molecule has 1 aliphatic carbocycles. The van der Waals surface area contributed by atoms with Crippen molar-refractivity contribution in [3.05, 3.63) is 71.3 Å². The fourth-order valence-electron chi connectivity index (χ4n) is 3.03. The first-order valence-electron chi connectivity index (χ1n) is 7.62. The predicted octanol–water partition coefficient (Wildman–Crippen LogP) is 4.80. The maximum atomic E-state index is 3.85. The van der Waals surface area contributed by atoms with Crippen LogP contribution in [0.3, 0.4) is 0 Å². The molecule has 104 valence electrons. The second-order valence-corrected chi connectivity index (χ2v) is 5.97. The van der Waals surface area contributed by atoms with E-state index in [2.05, 4.69) is 73.8 Å². The summed E-state index contributed by atoms with van der Waals surface area (Å²) in [6, 6.07) is 20.4. The van der Waals surface area contributed by atoms with E-state index >= 15 is 0 Å². The Balaban J connectivity index is 1.79. The van der Waals surface area contributed by atoms with Gasteiger partial charge in [-0.1, -0.05) is 54.6 Å². The van der Waals surface area contributed by atoms with Gasteiger partial charge in [-0.15, -0.1) is 0 Å². The Labute approximate surface area is 122 Å². The molecule has 0 spiro atoms. The van der Waals surface area contributed by atoms with E-state index in [1.54, 1.807) is 0 Å². The van der Waals surface area contributed by atoms with Gasteiger partial charge in [0.15, 0.2) is 0 Å². The highest BCUT2D eigenvalue weighted by atomic mass is 15.0. The monoisotopic (exact) mass is 265 g/mol. The standard InChI is InChI=1S/C19H23N/c1-14-8-6-7-11-18(14)15(2)20-19(17-12-13-17)16-9-4-3-5-10-16/h3-11,15,17,19-20H,12-13H2,1-2H3/t15-,19?/m0/s1. The van der Waals surface area contributed by atoms with Crippen molar-refractivity contribution in [2.45, 2.75) is 38.8 Å². The summed E-state index contributed by atoms with van der Waals surface area (Å²) >= 11 is 0. The summed E-state index contributed by atoms with van der Waals surface area (Å²) in [5.74, 6) is 0.809. The summed E-state index contributed by atoms with van der Waals surface area (Å²) in [6.07, 6.45) is 2.71. The van der Waals surface area contributed by atoms with Crippen LogP contribution in [0.4, 0.5) is 0 Å². The van der Waals surface area contributed by atoms with Crippen LogP contribution in [0.2, 0.25) is 0 Å². The van der Waals surface area contributed by atoms with E-state index in [4.69, 9.17) is 0 Å². The molecule has 20 heavy (non-hydrogen) atoms. The Morgan fingerprint density at radius 3 is 2.25 bits per heavy atom. The minimum absolute atomic E-state index is 0.391. The largest absolute Gasteiger partial charge is 0.303 e. The molecule has 3 rings (SSSR count). The van der Waals surface area contributed by atoms with Gasteiger partial charge in [0.25, 0.3) is 0 Å². The van der Waals surface area contributed by atoms with E-state index in [9.17, 15) is 0 Å². The Morgan fingerprint density at radius 2 is 1.60 bits per heavy atom. The average molecular weight is 265 g/mol. The van der Waals surface area contributed by atoms with Gasteiger partial charge in [-0.25, -0.2) is 0 Å². The van der Waals surface area contributed by atoms with Gasteiger partial charge < -0.3 is 5.32 Å². The first-order valence-corrected chi connectivity index (χ1v) is 7.62. The summed E-state index contributed by atoms with van der Waals surface area (Å²) in [6.45, 7) is 4.48. The Morgan fingerprint density at radius 1 is 0.950 bits per heavy atom. The van der Waals surface area contributed by atoms with Crippen molar-refractivity contribution < 1.29 is 0 Å². The fourth-order valence-corrected chi connectivity index (χ4v) is 3.03. The third-order valence-corrected chi connectivity index (χ3v) is 4.34. The van der Waals surface area contributed by atoms with E-state index in [0.717, 1.165) is 5.92 Å². The molecule has 0 radical (unpaired) electrons. The molecule has 0 aliphatic heterocycles.